The molecule has 1 atom stereocenters. The maximum absolute atomic E-state index is 9.02. The molecular weight excluding hydrogens is 168 g/mol. The van der Waals surface area contributed by atoms with E-state index in [2.05, 4.69) is 10.2 Å². The van der Waals surface area contributed by atoms with Crippen LogP contribution in [-0.4, -0.2) is 60.5 Å². The summed E-state index contributed by atoms with van der Waals surface area (Å²) in [6, 6.07) is 0. The van der Waals surface area contributed by atoms with Gasteiger partial charge in [0.2, 0.25) is 0 Å². The minimum atomic E-state index is -0.612. The molecule has 0 amide bonds. The van der Waals surface area contributed by atoms with Crippen LogP contribution in [0, 0.1) is 0 Å². The molecule has 0 saturated carbocycles. The highest BCUT2D eigenvalue weighted by Crippen LogP contribution is 2.05. The van der Waals surface area contributed by atoms with Crippen molar-refractivity contribution in [2.45, 2.75) is 18.9 Å². The largest absolute Gasteiger partial charge is 0.394 e. The van der Waals surface area contributed by atoms with Crippen LogP contribution < -0.4 is 5.32 Å². The Balaban J connectivity index is 1.88. The minimum absolute atomic E-state index is 0.156. The van der Waals surface area contributed by atoms with E-state index in [4.69, 9.17) is 10.2 Å². The van der Waals surface area contributed by atoms with Crippen molar-refractivity contribution in [1.29, 1.82) is 0 Å². The van der Waals surface area contributed by atoms with Gasteiger partial charge >= 0.3 is 0 Å². The molecule has 1 aliphatic heterocycles. The van der Waals surface area contributed by atoms with Gasteiger partial charge in [0.15, 0.2) is 0 Å². The Morgan fingerprint density at radius 2 is 2.00 bits per heavy atom. The number of likely N-dealkylation sites (tertiary alicyclic amines) is 1. The lowest BCUT2D eigenvalue weighted by Gasteiger charge is -2.15. The van der Waals surface area contributed by atoms with Gasteiger partial charge in [-0.25, -0.2) is 0 Å². The summed E-state index contributed by atoms with van der Waals surface area (Å²) in [5, 5.41) is 20.7. The average Bonchev–Trinajstić information content (AvgIpc) is 2.64. The molecule has 0 radical (unpaired) electrons. The first-order valence-corrected chi connectivity index (χ1v) is 5.05. The zero-order valence-corrected chi connectivity index (χ0v) is 8.08. The van der Waals surface area contributed by atoms with Crippen molar-refractivity contribution >= 4 is 0 Å². The van der Waals surface area contributed by atoms with E-state index >= 15 is 0 Å². The summed E-state index contributed by atoms with van der Waals surface area (Å²) in [7, 11) is 0. The Labute approximate surface area is 79.6 Å². The predicted molar refractivity (Wildman–Crippen MR) is 51.6 cm³/mol. The van der Waals surface area contributed by atoms with E-state index < -0.39 is 6.10 Å². The van der Waals surface area contributed by atoms with E-state index in [1.165, 1.54) is 25.9 Å². The summed E-state index contributed by atoms with van der Waals surface area (Å²) in [5.41, 5.74) is 0. The summed E-state index contributed by atoms with van der Waals surface area (Å²) >= 11 is 0. The Hall–Kier alpha value is -0.160. The van der Waals surface area contributed by atoms with Crippen LogP contribution >= 0.6 is 0 Å². The first kappa shape index (κ1) is 10.9. The lowest BCUT2D eigenvalue weighted by atomic mass is 10.4. The van der Waals surface area contributed by atoms with Gasteiger partial charge in [0.05, 0.1) is 12.7 Å². The number of hydrogen-bond acceptors (Lipinski definition) is 4. The molecule has 0 unspecified atom stereocenters. The standard InChI is InChI=1S/C9H20N2O2/c12-8-9(13)7-10-3-6-11-4-1-2-5-11/h9-10,12-13H,1-8H2/t9-/m0/s1. The van der Waals surface area contributed by atoms with Gasteiger partial charge in [-0.2, -0.15) is 0 Å². The molecule has 78 valence electrons. The van der Waals surface area contributed by atoms with Crippen molar-refractivity contribution in [1.82, 2.24) is 10.2 Å². The third-order valence-corrected chi connectivity index (χ3v) is 2.39. The van der Waals surface area contributed by atoms with Crippen LogP contribution in [0.2, 0.25) is 0 Å². The lowest BCUT2D eigenvalue weighted by Crippen LogP contribution is -2.35. The SMILES string of the molecule is OC[C@@H](O)CNCCN1CCCC1. The highest BCUT2D eigenvalue weighted by molar-refractivity contribution is 4.67. The normalized spacial score (nSPS) is 20.8. The second-order valence-corrected chi connectivity index (χ2v) is 3.59. The molecule has 0 aromatic rings. The Morgan fingerprint density at radius 3 is 2.62 bits per heavy atom. The second-order valence-electron chi connectivity index (χ2n) is 3.59. The summed E-state index contributed by atoms with van der Waals surface area (Å²) < 4.78 is 0. The van der Waals surface area contributed by atoms with Crippen LogP contribution in [0.3, 0.4) is 0 Å². The summed E-state index contributed by atoms with van der Waals surface area (Å²) in [5.74, 6) is 0. The monoisotopic (exact) mass is 188 g/mol. The fourth-order valence-corrected chi connectivity index (χ4v) is 1.58. The van der Waals surface area contributed by atoms with Crippen LogP contribution in [0.25, 0.3) is 0 Å². The molecule has 3 N–H and O–H groups in total. The van der Waals surface area contributed by atoms with Crippen LogP contribution in [0.1, 0.15) is 12.8 Å². The molecule has 1 rings (SSSR count). The molecule has 1 fully saturated rings. The van der Waals surface area contributed by atoms with E-state index in [0.29, 0.717) is 6.54 Å². The van der Waals surface area contributed by atoms with Gasteiger partial charge < -0.3 is 20.4 Å². The van der Waals surface area contributed by atoms with Gasteiger partial charge in [0, 0.05) is 19.6 Å². The molecule has 0 bridgehead atoms. The number of rotatable bonds is 6. The fraction of sp³-hybridized carbons (Fsp3) is 1.00. The molecule has 0 aliphatic carbocycles. The molecule has 4 heteroatoms. The van der Waals surface area contributed by atoms with E-state index in [0.717, 1.165) is 13.1 Å². The van der Waals surface area contributed by atoms with Crippen molar-refractivity contribution < 1.29 is 10.2 Å². The number of aliphatic hydroxyl groups excluding tert-OH is 2. The van der Waals surface area contributed by atoms with E-state index in [-0.39, 0.29) is 6.61 Å². The third-order valence-electron chi connectivity index (χ3n) is 2.39. The fourth-order valence-electron chi connectivity index (χ4n) is 1.58. The second kappa shape index (κ2) is 6.32. The van der Waals surface area contributed by atoms with E-state index in [1.54, 1.807) is 0 Å². The molecular formula is C9H20N2O2. The van der Waals surface area contributed by atoms with E-state index in [9.17, 15) is 0 Å². The maximum Gasteiger partial charge on any atom is 0.0894 e. The average molecular weight is 188 g/mol. The van der Waals surface area contributed by atoms with Crippen molar-refractivity contribution in [3.63, 3.8) is 0 Å². The number of hydrogen-bond donors (Lipinski definition) is 3. The number of nitrogens with one attached hydrogen (secondary N) is 1. The smallest absolute Gasteiger partial charge is 0.0894 e. The highest BCUT2D eigenvalue weighted by atomic mass is 16.3. The summed E-state index contributed by atoms with van der Waals surface area (Å²) in [4.78, 5) is 2.42. The molecule has 0 spiro atoms. The maximum atomic E-state index is 9.02. The molecule has 0 aromatic carbocycles. The summed E-state index contributed by atoms with van der Waals surface area (Å²) in [6.45, 7) is 4.71. The topological polar surface area (TPSA) is 55.7 Å². The minimum Gasteiger partial charge on any atom is -0.394 e. The highest BCUT2D eigenvalue weighted by Gasteiger charge is 2.10. The first-order valence-electron chi connectivity index (χ1n) is 5.05. The lowest BCUT2D eigenvalue weighted by molar-refractivity contribution is 0.0940. The third kappa shape index (κ3) is 4.57. The van der Waals surface area contributed by atoms with Crippen molar-refractivity contribution in [2.24, 2.45) is 0 Å². The van der Waals surface area contributed by atoms with E-state index in [1.807, 2.05) is 0 Å². The van der Waals surface area contributed by atoms with Crippen molar-refractivity contribution in [3.8, 4) is 0 Å². The molecule has 0 aromatic heterocycles. The molecule has 4 nitrogen and oxygen atoms in total. The van der Waals surface area contributed by atoms with Crippen molar-refractivity contribution in [3.05, 3.63) is 0 Å². The molecule has 13 heavy (non-hydrogen) atoms. The van der Waals surface area contributed by atoms with Gasteiger partial charge in [0.1, 0.15) is 0 Å². The van der Waals surface area contributed by atoms with Gasteiger partial charge in [0.25, 0.3) is 0 Å². The van der Waals surface area contributed by atoms with Gasteiger partial charge in [-0.3, -0.25) is 0 Å². The summed E-state index contributed by atoms with van der Waals surface area (Å²) in [6.07, 6.45) is 2.03. The van der Waals surface area contributed by atoms with Gasteiger partial charge in [-0.05, 0) is 25.9 Å². The number of nitrogens with zero attached hydrogens (tertiary/aromatic N) is 1. The van der Waals surface area contributed by atoms with Crippen LogP contribution in [0.4, 0.5) is 0 Å². The molecule has 1 heterocycles. The zero-order valence-electron chi connectivity index (χ0n) is 8.08. The Kier molecular flexibility index (Phi) is 5.31. The van der Waals surface area contributed by atoms with Crippen molar-refractivity contribution in [2.75, 3.05) is 39.3 Å². The Bertz CT molecular complexity index is 127. The quantitative estimate of drug-likeness (QED) is 0.469. The molecule has 1 saturated heterocycles. The zero-order chi connectivity index (χ0) is 9.52. The van der Waals surface area contributed by atoms with Gasteiger partial charge in [-0.1, -0.05) is 0 Å². The molecule has 1 aliphatic rings. The predicted octanol–water partition coefficient (Wildman–Crippen LogP) is -0.975. The van der Waals surface area contributed by atoms with Crippen LogP contribution in [0.15, 0.2) is 0 Å². The number of aliphatic hydroxyl groups is 2. The van der Waals surface area contributed by atoms with Crippen LogP contribution in [0.5, 0.6) is 0 Å². The van der Waals surface area contributed by atoms with Crippen LogP contribution in [-0.2, 0) is 0 Å². The van der Waals surface area contributed by atoms with Gasteiger partial charge in [-0.15, -0.1) is 0 Å². The Morgan fingerprint density at radius 1 is 1.31 bits per heavy atom. The first-order chi connectivity index (χ1) is 6.33.